The maximum atomic E-state index is 8.58. The van der Waals surface area contributed by atoms with Crippen LogP contribution in [0.2, 0.25) is 0 Å². The van der Waals surface area contributed by atoms with Crippen LogP contribution in [0.3, 0.4) is 0 Å². The van der Waals surface area contributed by atoms with Gasteiger partial charge < -0.3 is 10.2 Å². The third-order valence-electron chi connectivity index (χ3n) is 1.20. The predicted octanol–water partition coefficient (Wildman–Crippen LogP) is 0.515. The molecule has 0 fully saturated rings. The molecule has 0 spiro atoms. The molecule has 0 aromatic rings. The maximum Gasteiger partial charge on any atom is 0.0715 e. The van der Waals surface area contributed by atoms with Gasteiger partial charge in [0.1, 0.15) is 0 Å². The van der Waals surface area contributed by atoms with Gasteiger partial charge in [-0.3, -0.25) is 0 Å². The first-order chi connectivity index (χ1) is 3.68. The van der Waals surface area contributed by atoms with Gasteiger partial charge in [0.2, 0.25) is 0 Å². The molecule has 0 heterocycles. The molecule has 0 radical (unpaired) electrons. The monoisotopic (exact) mass is 182 g/mol. The lowest BCUT2D eigenvalue weighted by atomic mass is 10.1. The number of alkyl halides is 1. The molecule has 0 aliphatic heterocycles. The molecule has 0 saturated heterocycles. The van der Waals surface area contributed by atoms with Crippen LogP contribution in [0.5, 0.6) is 0 Å². The molecule has 0 aliphatic carbocycles. The molecule has 50 valence electrons. The SMILES string of the molecule is CCC(Br)(CO)CO. The van der Waals surface area contributed by atoms with E-state index in [1.165, 1.54) is 0 Å². The molecule has 0 rings (SSSR count). The van der Waals surface area contributed by atoms with Gasteiger partial charge in [0.15, 0.2) is 0 Å². The van der Waals surface area contributed by atoms with E-state index in [1.54, 1.807) is 0 Å². The van der Waals surface area contributed by atoms with E-state index in [4.69, 9.17) is 10.2 Å². The number of halogens is 1. The van der Waals surface area contributed by atoms with Crippen molar-refractivity contribution in [3.05, 3.63) is 0 Å². The molecular formula is C5H11BrO2. The minimum absolute atomic E-state index is 0.0139. The molecule has 0 aromatic heterocycles. The van der Waals surface area contributed by atoms with Crippen LogP contribution in [0.25, 0.3) is 0 Å². The molecule has 0 unspecified atom stereocenters. The Balaban J connectivity index is 3.58. The molecule has 3 heteroatoms. The topological polar surface area (TPSA) is 40.5 Å². The Morgan fingerprint density at radius 3 is 1.75 bits per heavy atom. The molecule has 0 aromatic carbocycles. The Morgan fingerprint density at radius 1 is 1.38 bits per heavy atom. The summed E-state index contributed by atoms with van der Waals surface area (Å²) >= 11 is 3.18. The quantitative estimate of drug-likeness (QED) is 0.626. The van der Waals surface area contributed by atoms with Gasteiger partial charge in [-0.25, -0.2) is 0 Å². The van der Waals surface area contributed by atoms with Crippen LogP contribution in [0, 0.1) is 0 Å². The second-order valence-electron chi connectivity index (χ2n) is 1.82. The van der Waals surface area contributed by atoms with Gasteiger partial charge in [-0.05, 0) is 6.42 Å². The van der Waals surface area contributed by atoms with Crippen LogP contribution in [0.15, 0.2) is 0 Å². The van der Waals surface area contributed by atoms with Crippen LogP contribution < -0.4 is 0 Å². The normalized spacial score (nSPS) is 12.0. The van der Waals surface area contributed by atoms with Crippen molar-refractivity contribution in [3.63, 3.8) is 0 Å². The highest BCUT2D eigenvalue weighted by Gasteiger charge is 2.21. The number of hydrogen-bond donors (Lipinski definition) is 2. The summed E-state index contributed by atoms with van der Waals surface area (Å²) < 4.78 is -0.451. The third kappa shape index (κ3) is 2.11. The lowest BCUT2D eigenvalue weighted by molar-refractivity contribution is 0.174. The molecule has 8 heavy (non-hydrogen) atoms. The van der Waals surface area contributed by atoms with Gasteiger partial charge >= 0.3 is 0 Å². The summed E-state index contributed by atoms with van der Waals surface area (Å²) in [6.07, 6.45) is 0.736. The summed E-state index contributed by atoms with van der Waals surface area (Å²) in [6.45, 7) is 1.88. The highest BCUT2D eigenvalue weighted by atomic mass is 79.9. The average molecular weight is 183 g/mol. The summed E-state index contributed by atoms with van der Waals surface area (Å²) in [4.78, 5) is 0. The van der Waals surface area contributed by atoms with E-state index in [2.05, 4.69) is 15.9 Å². The highest BCUT2D eigenvalue weighted by Crippen LogP contribution is 2.19. The van der Waals surface area contributed by atoms with E-state index in [0.29, 0.717) is 0 Å². The van der Waals surface area contributed by atoms with Crippen molar-refractivity contribution in [2.45, 2.75) is 17.7 Å². The van der Waals surface area contributed by atoms with Crippen LogP contribution in [-0.2, 0) is 0 Å². The van der Waals surface area contributed by atoms with E-state index >= 15 is 0 Å². The van der Waals surface area contributed by atoms with E-state index < -0.39 is 4.32 Å². The fraction of sp³-hybridized carbons (Fsp3) is 1.00. The molecule has 0 amide bonds. The number of hydrogen-bond acceptors (Lipinski definition) is 2. The van der Waals surface area contributed by atoms with E-state index in [1.807, 2.05) is 6.92 Å². The average Bonchev–Trinajstić information content (AvgIpc) is 1.87. The summed E-state index contributed by atoms with van der Waals surface area (Å²) in [7, 11) is 0. The van der Waals surface area contributed by atoms with Gasteiger partial charge in [-0.15, -0.1) is 0 Å². The molecule has 0 atom stereocenters. The first kappa shape index (κ1) is 8.40. The lowest BCUT2D eigenvalue weighted by Gasteiger charge is -2.18. The second kappa shape index (κ2) is 3.43. The zero-order valence-corrected chi connectivity index (χ0v) is 6.48. The van der Waals surface area contributed by atoms with Crippen molar-refractivity contribution in [2.24, 2.45) is 0 Å². The van der Waals surface area contributed by atoms with Gasteiger partial charge in [0, 0.05) is 0 Å². The maximum absolute atomic E-state index is 8.58. The summed E-state index contributed by atoms with van der Waals surface area (Å²) in [6, 6.07) is 0. The molecule has 0 bridgehead atoms. The molecule has 2 N–H and O–H groups in total. The molecule has 0 saturated carbocycles. The van der Waals surface area contributed by atoms with Crippen molar-refractivity contribution in [3.8, 4) is 0 Å². The number of rotatable bonds is 3. The van der Waals surface area contributed by atoms with Crippen molar-refractivity contribution >= 4 is 15.9 Å². The zero-order chi connectivity index (χ0) is 6.62. The van der Waals surface area contributed by atoms with Crippen LogP contribution in [0.4, 0.5) is 0 Å². The number of aliphatic hydroxyl groups excluding tert-OH is 2. The second-order valence-corrected chi connectivity index (χ2v) is 3.50. The fourth-order valence-electron chi connectivity index (χ4n) is 0.274. The first-order valence-electron chi connectivity index (χ1n) is 2.59. The van der Waals surface area contributed by atoms with Gasteiger partial charge in [0.05, 0.1) is 17.5 Å². The van der Waals surface area contributed by atoms with Crippen LogP contribution in [0.1, 0.15) is 13.3 Å². The zero-order valence-electron chi connectivity index (χ0n) is 4.89. The minimum Gasteiger partial charge on any atom is -0.395 e. The van der Waals surface area contributed by atoms with Crippen molar-refractivity contribution in [2.75, 3.05) is 13.2 Å². The van der Waals surface area contributed by atoms with Crippen LogP contribution >= 0.6 is 15.9 Å². The Labute approximate surface area is 57.7 Å². The first-order valence-corrected chi connectivity index (χ1v) is 3.38. The number of aliphatic hydroxyl groups is 2. The Kier molecular flexibility index (Phi) is 3.60. The summed E-state index contributed by atoms with van der Waals surface area (Å²) in [5, 5.41) is 17.2. The standard InChI is InChI=1S/C5H11BrO2/c1-2-5(6,3-7)4-8/h7-8H,2-4H2,1H3. The van der Waals surface area contributed by atoms with Crippen molar-refractivity contribution in [1.29, 1.82) is 0 Å². The summed E-state index contributed by atoms with van der Waals surface area (Å²) in [5.41, 5.74) is 0. The molecular weight excluding hydrogens is 172 g/mol. The van der Waals surface area contributed by atoms with E-state index in [-0.39, 0.29) is 13.2 Å². The Hall–Kier alpha value is 0.400. The molecule has 0 aliphatic rings. The van der Waals surface area contributed by atoms with Gasteiger partial charge in [-0.2, -0.15) is 0 Å². The van der Waals surface area contributed by atoms with Crippen LogP contribution in [-0.4, -0.2) is 27.8 Å². The van der Waals surface area contributed by atoms with E-state index in [0.717, 1.165) is 6.42 Å². The Morgan fingerprint density at radius 2 is 1.75 bits per heavy atom. The fourth-order valence-corrected chi connectivity index (χ4v) is 0.274. The smallest absolute Gasteiger partial charge is 0.0715 e. The largest absolute Gasteiger partial charge is 0.395 e. The molecule has 2 nitrogen and oxygen atoms in total. The van der Waals surface area contributed by atoms with Crippen molar-refractivity contribution in [1.82, 2.24) is 0 Å². The van der Waals surface area contributed by atoms with E-state index in [9.17, 15) is 0 Å². The minimum atomic E-state index is -0.451. The third-order valence-corrected chi connectivity index (χ3v) is 2.26. The lowest BCUT2D eigenvalue weighted by Crippen LogP contribution is -2.28. The Bertz CT molecular complexity index is 53.2. The van der Waals surface area contributed by atoms with Gasteiger partial charge in [0.25, 0.3) is 0 Å². The predicted molar refractivity (Wildman–Crippen MR) is 36.1 cm³/mol. The summed E-state index contributed by atoms with van der Waals surface area (Å²) in [5.74, 6) is 0. The van der Waals surface area contributed by atoms with Crippen molar-refractivity contribution < 1.29 is 10.2 Å². The highest BCUT2D eigenvalue weighted by molar-refractivity contribution is 9.10. The van der Waals surface area contributed by atoms with Gasteiger partial charge in [-0.1, -0.05) is 22.9 Å².